The first-order chi connectivity index (χ1) is 8.69. The van der Waals surface area contributed by atoms with E-state index in [-0.39, 0.29) is 24.0 Å². The van der Waals surface area contributed by atoms with Gasteiger partial charge in [-0.05, 0) is 12.3 Å². The van der Waals surface area contributed by atoms with E-state index in [0.717, 1.165) is 49.8 Å². The predicted octanol–water partition coefficient (Wildman–Crippen LogP) is 2.29. The Kier molecular flexibility index (Phi) is 11.2. The molecule has 0 amide bonds. The third-order valence-electron chi connectivity index (χ3n) is 3.16. The van der Waals surface area contributed by atoms with Gasteiger partial charge in [0.1, 0.15) is 0 Å². The number of rotatable bonds is 5. The lowest BCUT2D eigenvalue weighted by atomic mass is 10.1. The Morgan fingerprint density at radius 2 is 2.26 bits per heavy atom. The molecular formula is C13H28IN3OS. The van der Waals surface area contributed by atoms with Gasteiger partial charge in [0.15, 0.2) is 5.96 Å². The number of guanidine groups is 1. The predicted molar refractivity (Wildman–Crippen MR) is 95.9 cm³/mol. The topological polar surface area (TPSA) is 36.9 Å². The van der Waals surface area contributed by atoms with E-state index in [4.69, 9.17) is 4.74 Å². The van der Waals surface area contributed by atoms with E-state index in [1.165, 1.54) is 5.75 Å². The molecule has 1 saturated heterocycles. The van der Waals surface area contributed by atoms with E-state index < -0.39 is 0 Å². The van der Waals surface area contributed by atoms with E-state index in [0.29, 0.717) is 0 Å². The summed E-state index contributed by atoms with van der Waals surface area (Å²) in [6, 6.07) is 0. The molecule has 0 aromatic carbocycles. The maximum absolute atomic E-state index is 5.05. The van der Waals surface area contributed by atoms with Gasteiger partial charge >= 0.3 is 0 Å². The molecule has 1 N–H and O–H groups in total. The van der Waals surface area contributed by atoms with Crippen molar-refractivity contribution in [3.63, 3.8) is 0 Å². The van der Waals surface area contributed by atoms with Crippen molar-refractivity contribution >= 4 is 41.7 Å². The zero-order chi connectivity index (χ0) is 13.4. The van der Waals surface area contributed by atoms with Gasteiger partial charge < -0.3 is 15.0 Å². The van der Waals surface area contributed by atoms with Gasteiger partial charge in [-0.15, -0.1) is 24.0 Å². The molecular weight excluding hydrogens is 373 g/mol. The van der Waals surface area contributed by atoms with Crippen molar-refractivity contribution in [2.75, 3.05) is 46.2 Å². The highest BCUT2D eigenvalue weighted by Crippen LogP contribution is 2.24. The van der Waals surface area contributed by atoms with Crippen LogP contribution >= 0.6 is 35.7 Å². The molecule has 1 atom stereocenters. The average Bonchev–Trinajstić information content (AvgIpc) is 2.39. The summed E-state index contributed by atoms with van der Waals surface area (Å²) < 4.78 is 5.05. The van der Waals surface area contributed by atoms with Gasteiger partial charge in [0.05, 0.1) is 0 Å². The number of hydrogen-bond acceptors (Lipinski definition) is 3. The summed E-state index contributed by atoms with van der Waals surface area (Å²) in [5, 5.41) is 4.14. The lowest BCUT2D eigenvalue weighted by molar-refractivity contribution is 0.195. The molecule has 0 radical (unpaired) electrons. The van der Waals surface area contributed by atoms with Crippen LogP contribution in [-0.2, 0) is 4.74 Å². The van der Waals surface area contributed by atoms with Crippen LogP contribution in [0.15, 0.2) is 4.99 Å². The van der Waals surface area contributed by atoms with Crippen molar-refractivity contribution in [1.82, 2.24) is 10.2 Å². The molecule has 1 aliphatic heterocycles. The second-order valence-corrected chi connectivity index (χ2v) is 6.27. The quantitative estimate of drug-likeness (QED) is 0.332. The fourth-order valence-electron chi connectivity index (χ4n) is 2.02. The number of halogens is 1. The largest absolute Gasteiger partial charge is 0.385 e. The minimum Gasteiger partial charge on any atom is -0.385 e. The molecule has 1 rings (SSSR count). The average molecular weight is 401 g/mol. The van der Waals surface area contributed by atoms with Crippen LogP contribution in [-0.4, -0.2) is 62.3 Å². The van der Waals surface area contributed by atoms with E-state index in [9.17, 15) is 0 Å². The highest BCUT2D eigenvalue weighted by Gasteiger charge is 2.24. The smallest absolute Gasteiger partial charge is 0.193 e. The van der Waals surface area contributed by atoms with Crippen molar-refractivity contribution in [2.45, 2.75) is 25.5 Å². The van der Waals surface area contributed by atoms with E-state index >= 15 is 0 Å². The van der Waals surface area contributed by atoms with Crippen molar-refractivity contribution in [1.29, 1.82) is 0 Å². The number of methoxy groups -OCH3 is 1. The Labute approximate surface area is 139 Å². The summed E-state index contributed by atoms with van der Waals surface area (Å²) in [5.74, 6) is 2.96. The second-order valence-electron chi connectivity index (χ2n) is 4.92. The molecule has 0 saturated carbocycles. The van der Waals surface area contributed by atoms with Gasteiger partial charge in [-0.2, -0.15) is 11.8 Å². The summed E-state index contributed by atoms with van der Waals surface area (Å²) in [5.41, 5.74) is 0. The Morgan fingerprint density at radius 1 is 1.53 bits per heavy atom. The first-order valence-corrected chi connectivity index (χ1v) is 7.80. The fourth-order valence-corrected chi connectivity index (χ4v) is 3.32. The number of hydrogen-bond donors (Lipinski definition) is 1. The van der Waals surface area contributed by atoms with Crippen molar-refractivity contribution in [2.24, 2.45) is 10.9 Å². The lowest BCUT2D eigenvalue weighted by Gasteiger charge is -2.36. The normalized spacial score (nSPS) is 20.4. The maximum atomic E-state index is 5.05. The van der Waals surface area contributed by atoms with Crippen molar-refractivity contribution in [3.8, 4) is 0 Å². The molecule has 1 heterocycles. The van der Waals surface area contributed by atoms with Crippen LogP contribution in [0.2, 0.25) is 0 Å². The van der Waals surface area contributed by atoms with Crippen LogP contribution in [0.25, 0.3) is 0 Å². The standard InChI is InChI=1S/C13H27N3OS.HI/c1-11(2)12-10-16(7-9-18-12)13(14-3)15-6-5-8-17-4;/h11-12H,5-10H2,1-4H3,(H,14,15);1H. The number of aliphatic imine (C=N–C) groups is 1. The molecule has 19 heavy (non-hydrogen) atoms. The van der Waals surface area contributed by atoms with Crippen molar-refractivity contribution < 1.29 is 4.74 Å². The number of ether oxygens (including phenoxy) is 1. The molecule has 0 bridgehead atoms. The van der Waals surface area contributed by atoms with Crippen molar-refractivity contribution in [3.05, 3.63) is 0 Å². The van der Waals surface area contributed by atoms with Gasteiger partial charge in [0.2, 0.25) is 0 Å². The molecule has 0 aromatic heterocycles. The van der Waals surface area contributed by atoms with Gasteiger partial charge in [-0.1, -0.05) is 13.8 Å². The molecule has 1 fully saturated rings. The van der Waals surface area contributed by atoms with Gasteiger partial charge in [0, 0.05) is 51.4 Å². The minimum absolute atomic E-state index is 0. The highest BCUT2D eigenvalue weighted by molar-refractivity contribution is 14.0. The van der Waals surface area contributed by atoms with E-state index in [1.54, 1.807) is 7.11 Å². The lowest BCUT2D eigenvalue weighted by Crippen LogP contribution is -2.49. The maximum Gasteiger partial charge on any atom is 0.193 e. The third kappa shape index (κ3) is 7.04. The van der Waals surface area contributed by atoms with Crippen LogP contribution in [0.5, 0.6) is 0 Å². The Hall–Kier alpha value is 0.310. The van der Waals surface area contributed by atoms with Gasteiger partial charge in [0.25, 0.3) is 0 Å². The van der Waals surface area contributed by atoms with Crippen LogP contribution in [0.1, 0.15) is 20.3 Å². The molecule has 114 valence electrons. The van der Waals surface area contributed by atoms with Crippen LogP contribution in [0, 0.1) is 5.92 Å². The highest BCUT2D eigenvalue weighted by atomic mass is 127. The molecule has 1 aliphatic rings. The first-order valence-electron chi connectivity index (χ1n) is 6.75. The summed E-state index contributed by atoms with van der Waals surface area (Å²) >= 11 is 2.09. The van der Waals surface area contributed by atoms with Crippen LogP contribution in [0.3, 0.4) is 0 Å². The minimum atomic E-state index is 0. The van der Waals surface area contributed by atoms with Crippen LogP contribution in [0.4, 0.5) is 0 Å². The molecule has 6 heteroatoms. The summed E-state index contributed by atoms with van der Waals surface area (Å²) in [6.07, 6.45) is 1.02. The molecule has 0 aliphatic carbocycles. The monoisotopic (exact) mass is 401 g/mol. The van der Waals surface area contributed by atoms with E-state index in [1.807, 2.05) is 7.05 Å². The number of nitrogens with zero attached hydrogens (tertiary/aromatic N) is 2. The van der Waals surface area contributed by atoms with Gasteiger partial charge in [-0.3, -0.25) is 4.99 Å². The Balaban J connectivity index is 0.00000324. The molecule has 1 unspecified atom stereocenters. The zero-order valence-corrected chi connectivity index (χ0v) is 15.7. The fraction of sp³-hybridized carbons (Fsp3) is 0.923. The number of nitrogens with one attached hydrogen (secondary N) is 1. The Morgan fingerprint density at radius 3 is 2.84 bits per heavy atom. The third-order valence-corrected chi connectivity index (χ3v) is 4.70. The number of thioether (sulfide) groups is 1. The second kappa shape index (κ2) is 11.0. The Bertz CT molecular complexity index is 264. The summed E-state index contributed by atoms with van der Waals surface area (Å²) in [6.45, 7) is 8.53. The molecule has 0 spiro atoms. The molecule has 4 nitrogen and oxygen atoms in total. The van der Waals surface area contributed by atoms with E-state index in [2.05, 4.69) is 40.8 Å². The summed E-state index contributed by atoms with van der Waals surface area (Å²) in [7, 11) is 3.61. The van der Waals surface area contributed by atoms with Gasteiger partial charge in [-0.25, -0.2) is 0 Å². The summed E-state index contributed by atoms with van der Waals surface area (Å²) in [4.78, 5) is 6.77. The SMILES string of the molecule is CN=C(NCCCOC)N1CCSC(C(C)C)C1.I. The first kappa shape index (κ1) is 19.3. The zero-order valence-electron chi connectivity index (χ0n) is 12.5. The van der Waals surface area contributed by atoms with Crippen LogP contribution < -0.4 is 5.32 Å². The molecule has 0 aromatic rings.